The highest BCUT2D eigenvalue weighted by atomic mass is 35.5. The van der Waals surface area contributed by atoms with Crippen molar-refractivity contribution in [3.8, 4) is 0 Å². The number of nitrogens with one attached hydrogen (secondary N) is 1. The number of para-hydroxylation sites is 1. The molecule has 1 amide bonds. The van der Waals surface area contributed by atoms with Crippen LogP contribution in [0.25, 0.3) is 0 Å². The minimum Gasteiger partial charge on any atom is -0.350 e. The number of hydrogen-bond acceptors (Lipinski definition) is 3. The van der Waals surface area contributed by atoms with Crippen LogP contribution in [-0.4, -0.2) is 26.6 Å². The van der Waals surface area contributed by atoms with Gasteiger partial charge in [-0.3, -0.25) is 9.10 Å². The van der Waals surface area contributed by atoms with Gasteiger partial charge in [0, 0.05) is 11.6 Å². The first-order chi connectivity index (χ1) is 11.3. The van der Waals surface area contributed by atoms with E-state index in [1.54, 1.807) is 55.5 Å². The van der Waals surface area contributed by atoms with Gasteiger partial charge in [-0.1, -0.05) is 48.0 Å². The molecule has 2 rings (SSSR count). The molecule has 0 heterocycles. The van der Waals surface area contributed by atoms with Crippen molar-refractivity contribution in [2.24, 2.45) is 0 Å². The Kier molecular flexibility index (Phi) is 5.85. The summed E-state index contributed by atoms with van der Waals surface area (Å²) in [6, 6.07) is 14.8. The number of halogens is 1. The Bertz CT molecular complexity index is 810. The molecule has 2 aromatic carbocycles. The molecule has 7 heteroatoms. The number of carbonyl (C=O) groups is 1. The van der Waals surface area contributed by atoms with E-state index in [0.717, 1.165) is 16.1 Å². The SMILES string of the molecule is CC(C(=O)NCc1ccccc1Cl)N(c1ccccc1)S(C)(=O)=O. The minimum atomic E-state index is -3.61. The third-order valence-corrected chi connectivity index (χ3v) is 5.12. The topological polar surface area (TPSA) is 66.5 Å². The minimum absolute atomic E-state index is 0.231. The van der Waals surface area contributed by atoms with E-state index in [0.29, 0.717) is 10.7 Å². The highest BCUT2D eigenvalue weighted by Gasteiger charge is 2.28. The Hall–Kier alpha value is -2.05. The summed E-state index contributed by atoms with van der Waals surface area (Å²) < 4.78 is 25.4. The van der Waals surface area contributed by atoms with Crippen LogP contribution in [0.15, 0.2) is 54.6 Å². The van der Waals surface area contributed by atoms with Crippen LogP contribution >= 0.6 is 11.6 Å². The van der Waals surface area contributed by atoms with Crippen LogP contribution in [0.4, 0.5) is 5.69 Å². The van der Waals surface area contributed by atoms with E-state index >= 15 is 0 Å². The Morgan fingerprint density at radius 1 is 1.12 bits per heavy atom. The smallest absolute Gasteiger partial charge is 0.243 e. The zero-order valence-electron chi connectivity index (χ0n) is 13.4. The highest BCUT2D eigenvalue weighted by Crippen LogP contribution is 2.20. The molecular formula is C17H19ClN2O3S. The van der Waals surface area contributed by atoms with Crippen molar-refractivity contribution in [3.05, 3.63) is 65.2 Å². The van der Waals surface area contributed by atoms with Crippen molar-refractivity contribution in [1.82, 2.24) is 5.32 Å². The quantitative estimate of drug-likeness (QED) is 0.854. The number of benzene rings is 2. The summed E-state index contributed by atoms with van der Waals surface area (Å²) in [6.45, 7) is 1.78. The summed E-state index contributed by atoms with van der Waals surface area (Å²) in [4.78, 5) is 12.4. The van der Waals surface area contributed by atoms with Crippen LogP contribution in [0.2, 0.25) is 5.02 Å². The molecule has 0 saturated carbocycles. The van der Waals surface area contributed by atoms with E-state index in [-0.39, 0.29) is 6.54 Å². The van der Waals surface area contributed by atoms with Crippen molar-refractivity contribution in [3.63, 3.8) is 0 Å². The van der Waals surface area contributed by atoms with Gasteiger partial charge in [-0.05, 0) is 30.7 Å². The lowest BCUT2D eigenvalue weighted by Crippen LogP contribution is -2.47. The first kappa shape index (κ1) is 18.3. The maximum Gasteiger partial charge on any atom is 0.243 e. The second-order valence-corrected chi connectivity index (χ2v) is 7.65. The molecule has 2 aromatic rings. The third-order valence-electron chi connectivity index (χ3n) is 3.51. The molecule has 0 aliphatic carbocycles. The number of sulfonamides is 1. The molecule has 128 valence electrons. The predicted octanol–water partition coefficient (Wildman–Crippen LogP) is 2.81. The number of carbonyl (C=O) groups excluding carboxylic acids is 1. The summed E-state index contributed by atoms with van der Waals surface area (Å²) in [7, 11) is -3.61. The van der Waals surface area contributed by atoms with Gasteiger partial charge in [0.1, 0.15) is 6.04 Å². The number of anilines is 1. The van der Waals surface area contributed by atoms with Crippen molar-refractivity contribution in [2.45, 2.75) is 19.5 Å². The van der Waals surface area contributed by atoms with E-state index in [2.05, 4.69) is 5.32 Å². The normalized spacial score (nSPS) is 12.5. The monoisotopic (exact) mass is 366 g/mol. The summed E-state index contributed by atoms with van der Waals surface area (Å²) in [5.74, 6) is -0.399. The lowest BCUT2D eigenvalue weighted by Gasteiger charge is -2.28. The lowest BCUT2D eigenvalue weighted by molar-refractivity contribution is -0.122. The van der Waals surface area contributed by atoms with E-state index < -0.39 is 22.0 Å². The number of amides is 1. The second-order valence-electron chi connectivity index (χ2n) is 5.38. The molecule has 1 atom stereocenters. The molecule has 5 nitrogen and oxygen atoms in total. The van der Waals surface area contributed by atoms with Crippen LogP contribution in [0, 0.1) is 0 Å². The second kappa shape index (κ2) is 7.68. The van der Waals surface area contributed by atoms with Crippen LogP contribution in [0.3, 0.4) is 0 Å². The number of nitrogens with zero attached hydrogens (tertiary/aromatic N) is 1. The number of rotatable bonds is 6. The standard InChI is InChI=1S/C17H19ClN2O3S/c1-13(17(21)19-12-14-8-6-7-11-16(14)18)20(24(2,22)23)15-9-4-3-5-10-15/h3-11,13H,12H2,1-2H3,(H,19,21). The van der Waals surface area contributed by atoms with Gasteiger partial charge in [0.15, 0.2) is 0 Å². The first-order valence-corrected chi connectivity index (χ1v) is 9.59. The molecule has 1 unspecified atom stereocenters. The van der Waals surface area contributed by atoms with Gasteiger partial charge in [0.05, 0.1) is 11.9 Å². The van der Waals surface area contributed by atoms with Crippen molar-refractivity contribution in [1.29, 1.82) is 0 Å². The zero-order valence-corrected chi connectivity index (χ0v) is 15.0. The van der Waals surface area contributed by atoms with Crippen LogP contribution in [0.5, 0.6) is 0 Å². The molecule has 1 N–H and O–H groups in total. The van der Waals surface area contributed by atoms with Gasteiger partial charge in [-0.25, -0.2) is 8.42 Å². The first-order valence-electron chi connectivity index (χ1n) is 7.36. The maximum absolute atomic E-state index is 12.4. The highest BCUT2D eigenvalue weighted by molar-refractivity contribution is 7.92. The Labute approximate surface area is 147 Å². The van der Waals surface area contributed by atoms with E-state index in [1.807, 2.05) is 6.07 Å². The van der Waals surface area contributed by atoms with E-state index in [4.69, 9.17) is 11.6 Å². The molecule has 0 bridgehead atoms. The summed E-state index contributed by atoms with van der Waals surface area (Å²) in [5, 5.41) is 3.28. The predicted molar refractivity (Wildman–Crippen MR) is 96.5 cm³/mol. The lowest BCUT2D eigenvalue weighted by atomic mass is 10.2. The largest absolute Gasteiger partial charge is 0.350 e. The summed E-state index contributed by atoms with van der Waals surface area (Å²) in [6.07, 6.45) is 1.08. The van der Waals surface area contributed by atoms with Crippen molar-refractivity contribution < 1.29 is 13.2 Å². The molecule has 0 saturated heterocycles. The molecule has 0 spiro atoms. The van der Waals surface area contributed by atoms with Gasteiger partial charge in [-0.15, -0.1) is 0 Å². The Morgan fingerprint density at radius 2 is 1.71 bits per heavy atom. The maximum atomic E-state index is 12.4. The molecule has 0 radical (unpaired) electrons. The molecule has 0 aromatic heterocycles. The molecule has 0 aliphatic heterocycles. The van der Waals surface area contributed by atoms with E-state index in [9.17, 15) is 13.2 Å². The fourth-order valence-electron chi connectivity index (χ4n) is 2.36. The summed E-state index contributed by atoms with van der Waals surface area (Å²) >= 11 is 6.06. The van der Waals surface area contributed by atoms with E-state index in [1.165, 1.54) is 0 Å². The fourth-order valence-corrected chi connectivity index (χ4v) is 3.73. The fraction of sp³-hybridized carbons (Fsp3) is 0.235. The van der Waals surface area contributed by atoms with Gasteiger partial charge in [0.25, 0.3) is 0 Å². The molecule has 0 aliphatic rings. The average Bonchev–Trinajstić information content (AvgIpc) is 2.53. The zero-order chi connectivity index (χ0) is 17.7. The molecule has 24 heavy (non-hydrogen) atoms. The van der Waals surface area contributed by atoms with Crippen molar-refractivity contribution in [2.75, 3.05) is 10.6 Å². The molecule has 0 fully saturated rings. The Morgan fingerprint density at radius 3 is 2.29 bits per heavy atom. The number of hydrogen-bond donors (Lipinski definition) is 1. The Balaban J connectivity index is 2.16. The van der Waals surface area contributed by atoms with Crippen LogP contribution < -0.4 is 9.62 Å². The third kappa shape index (κ3) is 4.49. The van der Waals surface area contributed by atoms with Crippen LogP contribution in [0.1, 0.15) is 12.5 Å². The average molecular weight is 367 g/mol. The van der Waals surface area contributed by atoms with Gasteiger partial charge < -0.3 is 5.32 Å². The van der Waals surface area contributed by atoms with Gasteiger partial charge in [0.2, 0.25) is 15.9 Å². The summed E-state index contributed by atoms with van der Waals surface area (Å²) in [5.41, 5.74) is 1.21. The van der Waals surface area contributed by atoms with Gasteiger partial charge in [-0.2, -0.15) is 0 Å². The van der Waals surface area contributed by atoms with Crippen LogP contribution in [-0.2, 0) is 21.4 Å². The molecular weight excluding hydrogens is 348 g/mol. The van der Waals surface area contributed by atoms with Gasteiger partial charge >= 0.3 is 0 Å². The van der Waals surface area contributed by atoms with Crippen molar-refractivity contribution >= 4 is 33.2 Å².